The molecule has 0 aliphatic carbocycles. The fourth-order valence-corrected chi connectivity index (χ4v) is 4.00. The third kappa shape index (κ3) is 2.70. The number of halogens is 1. The summed E-state index contributed by atoms with van der Waals surface area (Å²) in [6.07, 6.45) is 5.15. The van der Waals surface area contributed by atoms with Crippen LogP contribution in [0.1, 0.15) is 31.2 Å². The Morgan fingerprint density at radius 3 is 2.95 bits per heavy atom. The molecule has 2 aliphatic heterocycles. The Labute approximate surface area is 129 Å². The first-order valence-corrected chi connectivity index (χ1v) is 8.26. The zero-order valence-electron chi connectivity index (χ0n) is 11.6. The Hall–Kier alpha value is -1.05. The highest BCUT2D eigenvalue weighted by molar-refractivity contribution is 9.10. The molecule has 1 aromatic rings. The van der Waals surface area contributed by atoms with Gasteiger partial charge in [0.25, 0.3) is 0 Å². The van der Waals surface area contributed by atoms with Crippen LogP contribution in [0.15, 0.2) is 22.7 Å². The fraction of sp³-hybridized carbons (Fsp3) is 0.562. The van der Waals surface area contributed by atoms with E-state index in [1.54, 1.807) is 0 Å². The van der Waals surface area contributed by atoms with Crippen molar-refractivity contribution in [2.75, 3.05) is 24.5 Å². The van der Waals surface area contributed by atoms with E-state index in [2.05, 4.69) is 38.3 Å². The van der Waals surface area contributed by atoms with Crippen LogP contribution in [0.4, 0.5) is 5.69 Å². The molecule has 0 spiro atoms. The Morgan fingerprint density at radius 1 is 1.30 bits per heavy atom. The zero-order chi connectivity index (χ0) is 13.9. The number of nitrogens with zero attached hydrogens (tertiary/aromatic N) is 2. The average molecular weight is 334 g/mol. The van der Waals surface area contributed by atoms with Crippen LogP contribution in [0.5, 0.6) is 0 Å². The topological polar surface area (TPSA) is 39.1 Å². The standard InChI is InChI=1S/C16H20BrN3/c17-14-5-1-7-16(13(14)10-18)20-9-3-4-12(11-20)15-6-2-8-19-15/h1,5,7,12,15,19H,2-4,6,8-9,11H2. The molecule has 0 saturated carbocycles. The number of benzene rings is 1. The lowest BCUT2D eigenvalue weighted by atomic mass is 9.89. The minimum absolute atomic E-state index is 0.676. The maximum absolute atomic E-state index is 9.39. The minimum atomic E-state index is 0.676. The molecule has 2 fully saturated rings. The number of hydrogen-bond donors (Lipinski definition) is 1. The van der Waals surface area contributed by atoms with E-state index in [1.807, 2.05) is 12.1 Å². The van der Waals surface area contributed by atoms with Crippen LogP contribution in [0.3, 0.4) is 0 Å². The quantitative estimate of drug-likeness (QED) is 0.902. The van der Waals surface area contributed by atoms with Gasteiger partial charge in [0.2, 0.25) is 0 Å². The molecule has 1 aromatic carbocycles. The molecule has 106 valence electrons. The van der Waals surface area contributed by atoms with Gasteiger partial charge < -0.3 is 10.2 Å². The highest BCUT2D eigenvalue weighted by Gasteiger charge is 2.29. The number of piperidine rings is 1. The van der Waals surface area contributed by atoms with Gasteiger partial charge in [0.05, 0.1) is 11.3 Å². The molecule has 0 radical (unpaired) electrons. The van der Waals surface area contributed by atoms with E-state index in [9.17, 15) is 5.26 Å². The van der Waals surface area contributed by atoms with E-state index in [1.165, 1.54) is 32.2 Å². The van der Waals surface area contributed by atoms with E-state index in [0.29, 0.717) is 6.04 Å². The molecule has 2 saturated heterocycles. The summed E-state index contributed by atoms with van der Waals surface area (Å²) < 4.78 is 0.901. The summed E-state index contributed by atoms with van der Waals surface area (Å²) in [7, 11) is 0. The van der Waals surface area contributed by atoms with Gasteiger partial charge in [0.1, 0.15) is 6.07 Å². The molecule has 2 atom stereocenters. The van der Waals surface area contributed by atoms with Gasteiger partial charge in [-0.05, 0) is 66.2 Å². The summed E-state index contributed by atoms with van der Waals surface area (Å²) in [5.74, 6) is 0.719. The zero-order valence-corrected chi connectivity index (χ0v) is 13.2. The molecule has 3 nitrogen and oxygen atoms in total. The summed E-state index contributed by atoms with van der Waals surface area (Å²) in [5.41, 5.74) is 1.86. The molecule has 2 aliphatic rings. The van der Waals surface area contributed by atoms with Crippen LogP contribution in [0.2, 0.25) is 0 Å². The lowest BCUT2D eigenvalue weighted by Crippen LogP contribution is -2.43. The van der Waals surface area contributed by atoms with Crippen molar-refractivity contribution in [3.8, 4) is 6.07 Å². The second kappa shape index (κ2) is 6.15. The second-order valence-electron chi connectivity index (χ2n) is 5.80. The molecule has 0 bridgehead atoms. The molecule has 3 rings (SSSR count). The minimum Gasteiger partial charge on any atom is -0.370 e. The number of rotatable bonds is 2. The van der Waals surface area contributed by atoms with Gasteiger partial charge in [-0.3, -0.25) is 0 Å². The molecule has 0 amide bonds. The van der Waals surface area contributed by atoms with E-state index in [-0.39, 0.29) is 0 Å². The molecule has 2 unspecified atom stereocenters. The van der Waals surface area contributed by atoms with Gasteiger partial charge in [-0.15, -0.1) is 0 Å². The lowest BCUT2D eigenvalue weighted by molar-refractivity contribution is 0.329. The Kier molecular flexibility index (Phi) is 4.28. The Bertz CT molecular complexity index is 517. The summed E-state index contributed by atoms with van der Waals surface area (Å²) in [5, 5.41) is 13.0. The van der Waals surface area contributed by atoms with Crippen molar-refractivity contribution in [3.63, 3.8) is 0 Å². The van der Waals surface area contributed by atoms with Crippen LogP contribution in [0, 0.1) is 17.2 Å². The van der Waals surface area contributed by atoms with Crippen LogP contribution in [-0.4, -0.2) is 25.7 Å². The molecule has 0 aromatic heterocycles. The molecular weight excluding hydrogens is 314 g/mol. The molecule has 2 heterocycles. The van der Waals surface area contributed by atoms with Gasteiger partial charge in [-0.2, -0.15) is 5.26 Å². The highest BCUT2D eigenvalue weighted by atomic mass is 79.9. The van der Waals surface area contributed by atoms with E-state index in [4.69, 9.17) is 0 Å². The third-order valence-electron chi connectivity index (χ3n) is 4.57. The van der Waals surface area contributed by atoms with E-state index in [0.717, 1.165) is 34.7 Å². The molecule has 1 N–H and O–H groups in total. The van der Waals surface area contributed by atoms with Crippen molar-refractivity contribution in [2.45, 2.75) is 31.7 Å². The van der Waals surface area contributed by atoms with Crippen LogP contribution in [-0.2, 0) is 0 Å². The number of anilines is 1. The fourth-order valence-electron chi connectivity index (χ4n) is 3.56. The van der Waals surface area contributed by atoms with Crippen molar-refractivity contribution in [3.05, 3.63) is 28.2 Å². The number of nitrogens with one attached hydrogen (secondary N) is 1. The van der Waals surface area contributed by atoms with Crippen LogP contribution >= 0.6 is 15.9 Å². The maximum Gasteiger partial charge on any atom is 0.103 e. The van der Waals surface area contributed by atoms with Crippen LogP contribution in [0.25, 0.3) is 0 Å². The molecule has 20 heavy (non-hydrogen) atoms. The van der Waals surface area contributed by atoms with Gasteiger partial charge in [-0.25, -0.2) is 0 Å². The van der Waals surface area contributed by atoms with E-state index < -0.39 is 0 Å². The monoisotopic (exact) mass is 333 g/mol. The summed E-state index contributed by atoms with van der Waals surface area (Å²) in [6, 6.07) is 9.07. The first-order chi connectivity index (χ1) is 9.79. The first-order valence-electron chi connectivity index (χ1n) is 7.46. The van der Waals surface area contributed by atoms with Crippen molar-refractivity contribution in [1.82, 2.24) is 5.32 Å². The van der Waals surface area contributed by atoms with Crippen molar-refractivity contribution < 1.29 is 0 Å². The molecule has 4 heteroatoms. The van der Waals surface area contributed by atoms with Gasteiger partial charge in [0.15, 0.2) is 0 Å². The van der Waals surface area contributed by atoms with Gasteiger partial charge >= 0.3 is 0 Å². The van der Waals surface area contributed by atoms with Crippen LogP contribution < -0.4 is 10.2 Å². The summed E-state index contributed by atoms with van der Waals surface area (Å²) >= 11 is 3.49. The predicted octanol–water partition coefficient (Wildman–Crippen LogP) is 3.29. The summed E-state index contributed by atoms with van der Waals surface area (Å²) in [6.45, 7) is 3.30. The van der Waals surface area contributed by atoms with Crippen molar-refractivity contribution in [2.24, 2.45) is 5.92 Å². The normalized spacial score (nSPS) is 26.5. The average Bonchev–Trinajstić information content (AvgIpc) is 3.01. The highest BCUT2D eigenvalue weighted by Crippen LogP contribution is 2.32. The van der Waals surface area contributed by atoms with Gasteiger partial charge in [-0.1, -0.05) is 6.07 Å². The third-order valence-corrected chi connectivity index (χ3v) is 5.23. The van der Waals surface area contributed by atoms with Crippen molar-refractivity contribution in [1.29, 1.82) is 5.26 Å². The predicted molar refractivity (Wildman–Crippen MR) is 84.8 cm³/mol. The largest absolute Gasteiger partial charge is 0.370 e. The molecular formula is C16H20BrN3. The first kappa shape index (κ1) is 13.9. The Balaban J connectivity index is 1.80. The van der Waals surface area contributed by atoms with Gasteiger partial charge in [0, 0.05) is 23.6 Å². The second-order valence-corrected chi connectivity index (χ2v) is 6.65. The maximum atomic E-state index is 9.39. The lowest BCUT2D eigenvalue weighted by Gasteiger charge is -2.37. The van der Waals surface area contributed by atoms with E-state index >= 15 is 0 Å². The Morgan fingerprint density at radius 2 is 2.20 bits per heavy atom. The summed E-state index contributed by atoms with van der Waals surface area (Å²) in [4.78, 5) is 2.40. The SMILES string of the molecule is N#Cc1c(Br)cccc1N1CCCC(C2CCCN2)C1. The smallest absolute Gasteiger partial charge is 0.103 e. The number of hydrogen-bond acceptors (Lipinski definition) is 3. The van der Waals surface area contributed by atoms with Crippen molar-refractivity contribution >= 4 is 21.6 Å². The number of nitriles is 1.